The van der Waals surface area contributed by atoms with Crippen LogP contribution in [0, 0.1) is 5.82 Å². The van der Waals surface area contributed by atoms with Crippen molar-refractivity contribution in [3.05, 3.63) is 82.1 Å². The van der Waals surface area contributed by atoms with E-state index in [-0.39, 0.29) is 0 Å². The first kappa shape index (κ1) is 16.9. The molecule has 0 aliphatic carbocycles. The largest absolute Gasteiger partial charge is 0.223 e. The van der Waals surface area contributed by atoms with E-state index in [2.05, 4.69) is 10.1 Å². The van der Waals surface area contributed by atoms with Crippen LogP contribution in [0.1, 0.15) is 24.0 Å². The van der Waals surface area contributed by atoms with Crippen LogP contribution in [0.2, 0.25) is 10.0 Å². The average molecular weight is 368 g/mol. The summed E-state index contributed by atoms with van der Waals surface area (Å²) in [6.45, 7) is 1.38. The second-order valence-corrected chi connectivity index (χ2v) is 6.36. The standard InChI is InChI=1S/C17H13Cl2F2N3/c1-17(21,24-10-22-9-23-24)16(11-2-5-13(20)6-3-11)14-7-4-12(18)8-15(14)19/h2-10,16H,1H3. The number of aromatic nitrogens is 3. The van der Waals surface area contributed by atoms with Gasteiger partial charge in [-0.25, -0.2) is 18.4 Å². The Kier molecular flexibility index (Phi) is 4.56. The molecule has 1 heterocycles. The maximum absolute atomic E-state index is 15.7. The Hall–Kier alpha value is -1.98. The maximum atomic E-state index is 15.7. The van der Waals surface area contributed by atoms with Crippen LogP contribution < -0.4 is 0 Å². The Bertz CT molecular complexity index is 834. The number of nitrogens with zero attached hydrogens (tertiary/aromatic N) is 3. The van der Waals surface area contributed by atoms with Crippen LogP contribution in [-0.2, 0) is 5.79 Å². The van der Waals surface area contributed by atoms with Crippen molar-refractivity contribution in [2.24, 2.45) is 0 Å². The number of rotatable bonds is 4. The topological polar surface area (TPSA) is 30.7 Å². The highest BCUT2D eigenvalue weighted by atomic mass is 35.5. The fraction of sp³-hybridized carbons (Fsp3) is 0.176. The molecule has 0 radical (unpaired) electrons. The van der Waals surface area contributed by atoms with E-state index in [0.29, 0.717) is 21.2 Å². The van der Waals surface area contributed by atoms with E-state index >= 15 is 4.39 Å². The van der Waals surface area contributed by atoms with Crippen LogP contribution >= 0.6 is 23.2 Å². The lowest BCUT2D eigenvalue weighted by atomic mass is 9.84. The van der Waals surface area contributed by atoms with Gasteiger partial charge in [-0.1, -0.05) is 41.4 Å². The molecule has 3 nitrogen and oxygen atoms in total. The van der Waals surface area contributed by atoms with Gasteiger partial charge in [-0.3, -0.25) is 0 Å². The first-order chi connectivity index (χ1) is 11.4. The van der Waals surface area contributed by atoms with Gasteiger partial charge >= 0.3 is 0 Å². The van der Waals surface area contributed by atoms with Crippen molar-refractivity contribution in [2.75, 3.05) is 0 Å². The average Bonchev–Trinajstić information content (AvgIpc) is 3.07. The fourth-order valence-corrected chi connectivity index (χ4v) is 3.24. The minimum absolute atomic E-state index is 0.320. The molecular weight excluding hydrogens is 355 g/mol. The third-order valence-corrected chi connectivity index (χ3v) is 4.43. The SMILES string of the molecule is CC(F)(C(c1ccc(F)cc1)c1ccc(Cl)cc1Cl)n1cncn1. The number of benzene rings is 2. The summed E-state index contributed by atoms with van der Waals surface area (Å²) < 4.78 is 30.2. The molecule has 0 amide bonds. The molecule has 3 aromatic rings. The van der Waals surface area contributed by atoms with Gasteiger partial charge in [0, 0.05) is 10.0 Å². The molecule has 0 saturated carbocycles. The maximum Gasteiger partial charge on any atom is 0.211 e. The lowest BCUT2D eigenvalue weighted by Gasteiger charge is -2.32. The molecule has 2 unspecified atom stereocenters. The quantitative estimate of drug-likeness (QED) is 0.634. The fourth-order valence-electron chi connectivity index (χ4n) is 2.72. The summed E-state index contributed by atoms with van der Waals surface area (Å²) in [6, 6.07) is 10.5. The summed E-state index contributed by atoms with van der Waals surface area (Å²) in [5, 5.41) is 4.68. The summed E-state index contributed by atoms with van der Waals surface area (Å²) in [4.78, 5) is 3.81. The zero-order valence-corrected chi connectivity index (χ0v) is 14.1. The molecule has 7 heteroatoms. The smallest absolute Gasteiger partial charge is 0.211 e. The van der Waals surface area contributed by atoms with Crippen LogP contribution in [0.5, 0.6) is 0 Å². The van der Waals surface area contributed by atoms with Gasteiger partial charge in [-0.15, -0.1) is 0 Å². The molecule has 0 aliphatic heterocycles. The summed E-state index contributed by atoms with van der Waals surface area (Å²) in [7, 11) is 0. The Morgan fingerprint density at radius 2 is 1.83 bits per heavy atom. The molecule has 0 aliphatic rings. The molecule has 0 fully saturated rings. The number of alkyl halides is 1. The normalized spacial score (nSPS) is 15.0. The second-order valence-electron chi connectivity index (χ2n) is 5.51. The Labute approximate surface area is 147 Å². The molecule has 0 N–H and O–H groups in total. The molecule has 2 aromatic carbocycles. The minimum Gasteiger partial charge on any atom is -0.223 e. The van der Waals surface area contributed by atoms with Gasteiger partial charge in [0.2, 0.25) is 5.79 Å². The van der Waals surface area contributed by atoms with Crippen LogP contribution in [0.3, 0.4) is 0 Å². The third-order valence-electron chi connectivity index (χ3n) is 3.87. The summed E-state index contributed by atoms with van der Waals surface area (Å²) in [5.41, 5.74) is 1.08. The predicted molar refractivity (Wildman–Crippen MR) is 89.5 cm³/mol. The van der Waals surface area contributed by atoms with E-state index in [1.807, 2.05) is 0 Å². The van der Waals surface area contributed by atoms with Crippen LogP contribution in [0.15, 0.2) is 55.1 Å². The Morgan fingerprint density at radius 3 is 2.42 bits per heavy atom. The number of halogens is 4. The van der Waals surface area contributed by atoms with E-state index < -0.39 is 17.5 Å². The summed E-state index contributed by atoms with van der Waals surface area (Å²) >= 11 is 12.2. The van der Waals surface area contributed by atoms with E-state index in [0.717, 1.165) is 4.68 Å². The lowest BCUT2D eigenvalue weighted by molar-refractivity contribution is 0.0561. The molecule has 24 heavy (non-hydrogen) atoms. The second kappa shape index (κ2) is 6.49. The van der Waals surface area contributed by atoms with Crippen LogP contribution in [0.4, 0.5) is 8.78 Å². The van der Waals surface area contributed by atoms with Crippen molar-refractivity contribution in [1.82, 2.24) is 14.8 Å². The highest BCUT2D eigenvalue weighted by Gasteiger charge is 2.40. The molecule has 0 bridgehead atoms. The summed E-state index contributed by atoms with van der Waals surface area (Å²) in [6.07, 6.45) is 2.55. The lowest BCUT2D eigenvalue weighted by Crippen LogP contribution is -2.34. The van der Waals surface area contributed by atoms with E-state index in [1.165, 1.54) is 43.8 Å². The van der Waals surface area contributed by atoms with Gasteiger partial charge in [-0.05, 0) is 42.3 Å². The zero-order valence-electron chi connectivity index (χ0n) is 12.6. The molecule has 0 spiro atoms. The Balaban J connectivity index is 2.19. The van der Waals surface area contributed by atoms with E-state index in [1.54, 1.807) is 18.2 Å². The van der Waals surface area contributed by atoms with Gasteiger partial charge in [0.05, 0.1) is 5.92 Å². The molecule has 3 rings (SSSR count). The molecule has 1 aromatic heterocycles. The predicted octanol–water partition coefficient (Wildman–Crippen LogP) is 5.20. The molecular formula is C17H13Cl2F2N3. The molecule has 2 atom stereocenters. The van der Waals surface area contributed by atoms with E-state index in [4.69, 9.17) is 23.2 Å². The zero-order chi connectivity index (χ0) is 17.3. The van der Waals surface area contributed by atoms with Crippen molar-refractivity contribution >= 4 is 23.2 Å². The molecule has 124 valence electrons. The van der Waals surface area contributed by atoms with Crippen LogP contribution in [0.25, 0.3) is 0 Å². The van der Waals surface area contributed by atoms with E-state index in [9.17, 15) is 4.39 Å². The van der Waals surface area contributed by atoms with Crippen molar-refractivity contribution in [3.63, 3.8) is 0 Å². The van der Waals surface area contributed by atoms with Crippen molar-refractivity contribution in [3.8, 4) is 0 Å². The van der Waals surface area contributed by atoms with Gasteiger partial charge < -0.3 is 0 Å². The van der Waals surface area contributed by atoms with Crippen molar-refractivity contribution in [2.45, 2.75) is 18.6 Å². The van der Waals surface area contributed by atoms with Crippen molar-refractivity contribution in [1.29, 1.82) is 0 Å². The summed E-state index contributed by atoms with van der Waals surface area (Å²) in [5.74, 6) is -3.21. The molecule has 0 saturated heterocycles. The van der Waals surface area contributed by atoms with Crippen molar-refractivity contribution < 1.29 is 8.78 Å². The van der Waals surface area contributed by atoms with Gasteiger partial charge in [0.15, 0.2) is 0 Å². The highest BCUT2D eigenvalue weighted by Crippen LogP contribution is 2.43. The number of hydrogen-bond donors (Lipinski definition) is 0. The van der Waals surface area contributed by atoms with Gasteiger partial charge in [0.25, 0.3) is 0 Å². The number of hydrogen-bond acceptors (Lipinski definition) is 2. The highest BCUT2D eigenvalue weighted by molar-refractivity contribution is 6.35. The van der Waals surface area contributed by atoms with Crippen LogP contribution in [-0.4, -0.2) is 14.8 Å². The van der Waals surface area contributed by atoms with Gasteiger partial charge in [-0.2, -0.15) is 5.10 Å². The van der Waals surface area contributed by atoms with Gasteiger partial charge in [0.1, 0.15) is 18.5 Å². The first-order valence-corrected chi connectivity index (χ1v) is 7.89. The first-order valence-electron chi connectivity index (χ1n) is 7.14. The third kappa shape index (κ3) is 3.14. The Morgan fingerprint density at radius 1 is 1.12 bits per heavy atom. The monoisotopic (exact) mass is 367 g/mol. The minimum atomic E-state index is -1.98.